The van der Waals surface area contributed by atoms with Crippen molar-refractivity contribution < 1.29 is 9.53 Å². The molecule has 1 aliphatic heterocycles. The molecule has 1 saturated heterocycles. The van der Waals surface area contributed by atoms with E-state index in [1.165, 1.54) is 0 Å². The van der Waals surface area contributed by atoms with Gasteiger partial charge in [0.25, 0.3) is 0 Å². The molecule has 1 rings (SSSR count). The summed E-state index contributed by atoms with van der Waals surface area (Å²) in [4.78, 5) is 11.4. The molecule has 0 bridgehead atoms. The minimum absolute atomic E-state index is 0.0185. The first-order valence-electron chi connectivity index (χ1n) is 4.52. The maximum atomic E-state index is 11.4. The number of nitrogens with two attached hydrogens (primary N) is 1. The normalized spacial score (nSPS) is 27.5. The van der Waals surface area contributed by atoms with Crippen LogP contribution in [0, 0.1) is 0 Å². The van der Waals surface area contributed by atoms with Crippen molar-refractivity contribution >= 4 is 5.91 Å². The van der Waals surface area contributed by atoms with Gasteiger partial charge in [0, 0.05) is 26.7 Å². The molecule has 1 amide bonds. The highest BCUT2D eigenvalue weighted by Crippen LogP contribution is 2.08. The molecular weight excluding hydrogens is 170 g/mol. The number of rotatable bonds is 4. The zero-order chi connectivity index (χ0) is 9.68. The largest absolute Gasteiger partial charge is 0.380 e. The fourth-order valence-corrected chi connectivity index (χ4v) is 1.40. The van der Waals surface area contributed by atoms with Crippen LogP contribution in [0.1, 0.15) is 6.42 Å². The Morgan fingerprint density at radius 2 is 2.54 bits per heavy atom. The van der Waals surface area contributed by atoms with Crippen molar-refractivity contribution in [2.45, 2.75) is 18.6 Å². The van der Waals surface area contributed by atoms with Crippen molar-refractivity contribution in [3.8, 4) is 0 Å². The third-order valence-corrected chi connectivity index (χ3v) is 2.18. The van der Waals surface area contributed by atoms with Crippen molar-refractivity contribution in [1.29, 1.82) is 0 Å². The molecule has 1 fully saturated rings. The molecule has 0 saturated carbocycles. The number of amides is 1. The van der Waals surface area contributed by atoms with E-state index in [1.807, 2.05) is 0 Å². The Morgan fingerprint density at radius 1 is 1.77 bits per heavy atom. The fourth-order valence-electron chi connectivity index (χ4n) is 1.40. The molecule has 1 heterocycles. The van der Waals surface area contributed by atoms with Crippen LogP contribution in [0.15, 0.2) is 0 Å². The third-order valence-electron chi connectivity index (χ3n) is 2.18. The van der Waals surface area contributed by atoms with E-state index in [9.17, 15) is 4.79 Å². The highest BCUT2D eigenvalue weighted by Gasteiger charge is 2.28. The lowest BCUT2D eigenvalue weighted by molar-refractivity contribution is -0.122. The second-order valence-electron chi connectivity index (χ2n) is 3.13. The Labute approximate surface area is 78.0 Å². The number of nitrogens with one attached hydrogen (secondary N) is 2. The smallest absolute Gasteiger partial charge is 0.237 e. The molecule has 5 heteroatoms. The molecule has 2 atom stereocenters. The zero-order valence-corrected chi connectivity index (χ0v) is 7.88. The molecule has 5 nitrogen and oxygen atoms in total. The van der Waals surface area contributed by atoms with Crippen LogP contribution in [-0.4, -0.2) is 44.8 Å². The minimum Gasteiger partial charge on any atom is -0.380 e. The van der Waals surface area contributed by atoms with E-state index in [-0.39, 0.29) is 18.1 Å². The first-order valence-corrected chi connectivity index (χ1v) is 4.52. The van der Waals surface area contributed by atoms with Gasteiger partial charge in [-0.15, -0.1) is 0 Å². The standard InChI is InChI=1S/C8H17N3O2/c1-13-6-4-7(11-5-6)8(12)10-3-2-9/h6-7,11H,2-5,9H2,1H3,(H,10,12). The van der Waals surface area contributed by atoms with Gasteiger partial charge in [-0.2, -0.15) is 0 Å². The summed E-state index contributed by atoms with van der Waals surface area (Å²) in [5.41, 5.74) is 5.27. The Balaban J connectivity index is 2.25. The monoisotopic (exact) mass is 187 g/mol. The zero-order valence-electron chi connectivity index (χ0n) is 7.88. The Kier molecular flexibility index (Phi) is 4.14. The van der Waals surface area contributed by atoms with E-state index in [4.69, 9.17) is 10.5 Å². The Morgan fingerprint density at radius 3 is 3.08 bits per heavy atom. The van der Waals surface area contributed by atoms with Crippen molar-refractivity contribution in [3.05, 3.63) is 0 Å². The predicted molar refractivity (Wildman–Crippen MR) is 49.3 cm³/mol. The van der Waals surface area contributed by atoms with Crippen molar-refractivity contribution in [2.75, 3.05) is 26.7 Å². The van der Waals surface area contributed by atoms with Crippen LogP contribution in [0.4, 0.5) is 0 Å². The molecule has 76 valence electrons. The summed E-state index contributed by atoms with van der Waals surface area (Å²) in [5.74, 6) is 0.0185. The Bertz CT molecular complexity index is 175. The molecule has 0 aromatic heterocycles. The molecule has 0 radical (unpaired) electrons. The second kappa shape index (κ2) is 5.16. The van der Waals surface area contributed by atoms with Crippen molar-refractivity contribution in [1.82, 2.24) is 10.6 Å². The molecule has 0 spiro atoms. The third kappa shape index (κ3) is 2.95. The van der Waals surface area contributed by atoms with Crippen LogP contribution in [0.25, 0.3) is 0 Å². The van der Waals surface area contributed by atoms with Crippen LogP contribution in [0.2, 0.25) is 0 Å². The maximum absolute atomic E-state index is 11.4. The minimum atomic E-state index is -0.114. The van der Waals surface area contributed by atoms with Crippen LogP contribution in [0.5, 0.6) is 0 Å². The highest BCUT2D eigenvalue weighted by molar-refractivity contribution is 5.82. The van der Waals surface area contributed by atoms with Crippen LogP contribution < -0.4 is 16.4 Å². The van der Waals surface area contributed by atoms with E-state index >= 15 is 0 Å². The van der Waals surface area contributed by atoms with Crippen LogP contribution in [0.3, 0.4) is 0 Å². The second-order valence-corrected chi connectivity index (χ2v) is 3.13. The van der Waals surface area contributed by atoms with E-state index < -0.39 is 0 Å². The van der Waals surface area contributed by atoms with Crippen LogP contribution >= 0.6 is 0 Å². The van der Waals surface area contributed by atoms with Gasteiger partial charge in [0.15, 0.2) is 0 Å². The Hall–Kier alpha value is -0.650. The maximum Gasteiger partial charge on any atom is 0.237 e. The van der Waals surface area contributed by atoms with Gasteiger partial charge < -0.3 is 21.1 Å². The van der Waals surface area contributed by atoms with Crippen molar-refractivity contribution in [3.63, 3.8) is 0 Å². The predicted octanol–water partition coefficient (Wildman–Crippen LogP) is -1.56. The number of ether oxygens (including phenoxy) is 1. The van der Waals surface area contributed by atoms with Crippen LogP contribution in [-0.2, 0) is 9.53 Å². The number of hydrogen-bond donors (Lipinski definition) is 3. The van der Waals surface area contributed by atoms with Gasteiger partial charge >= 0.3 is 0 Å². The van der Waals surface area contributed by atoms with Gasteiger partial charge in [-0.3, -0.25) is 4.79 Å². The molecule has 4 N–H and O–H groups in total. The van der Waals surface area contributed by atoms with Gasteiger partial charge in [-0.25, -0.2) is 0 Å². The molecule has 1 aliphatic rings. The number of hydrogen-bond acceptors (Lipinski definition) is 4. The summed E-state index contributed by atoms with van der Waals surface area (Å²) >= 11 is 0. The molecule has 2 unspecified atom stereocenters. The lowest BCUT2D eigenvalue weighted by Crippen LogP contribution is -2.42. The number of methoxy groups -OCH3 is 1. The van der Waals surface area contributed by atoms with Gasteiger partial charge in [0.05, 0.1) is 12.1 Å². The molecule has 0 aromatic rings. The van der Waals surface area contributed by atoms with E-state index in [0.717, 1.165) is 13.0 Å². The van der Waals surface area contributed by atoms with Gasteiger partial charge in [0.1, 0.15) is 0 Å². The molecule has 0 aromatic carbocycles. The average Bonchev–Trinajstić information content (AvgIpc) is 2.62. The van der Waals surface area contributed by atoms with Gasteiger partial charge in [0.2, 0.25) is 5.91 Å². The van der Waals surface area contributed by atoms with E-state index in [0.29, 0.717) is 13.1 Å². The fraction of sp³-hybridized carbons (Fsp3) is 0.875. The SMILES string of the molecule is COC1CNC(C(=O)NCCN)C1. The quantitative estimate of drug-likeness (QED) is 0.497. The summed E-state index contributed by atoms with van der Waals surface area (Å²) in [6.07, 6.45) is 0.904. The first-order chi connectivity index (χ1) is 6.27. The topological polar surface area (TPSA) is 76.4 Å². The lowest BCUT2D eigenvalue weighted by atomic mass is 10.2. The summed E-state index contributed by atoms with van der Waals surface area (Å²) in [7, 11) is 1.66. The first kappa shape index (κ1) is 10.4. The lowest BCUT2D eigenvalue weighted by Gasteiger charge is -2.09. The highest BCUT2D eigenvalue weighted by atomic mass is 16.5. The molecule has 13 heavy (non-hydrogen) atoms. The molecular formula is C8H17N3O2. The summed E-state index contributed by atoms with van der Waals surface area (Å²) in [6.45, 7) is 1.76. The van der Waals surface area contributed by atoms with Crippen molar-refractivity contribution in [2.24, 2.45) is 5.73 Å². The van der Waals surface area contributed by atoms with Gasteiger partial charge in [-0.05, 0) is 6.42 Å². The average molecular weight is 187 g/mol. The molecule has 0 aliphatic carbocycles. The summed E-state index contributed by atoms with van der Waals surface area (Å²) in [5, 5.41) is 5.83. The van der Waals surface area contributed by atoms with Gasteiger partial charge in [-0.1, -0.05) is 0 Å². The number of carbonyl (C=O) groups is 1. The van der Waals surface area contributed by atoms with E-state index in [2.05, 4.69) is 10.6 Å². The summed E-state index contributed by atoms with van der Waals surface area (Å²) < 4.78 is 5.13. The number of carbonyl (C=O) groups excluding carboxylic acids is 1. The van der Waals surface area contributed by atoms with E-state index in [1.54, 1.807) is 7.11 Å². The summed E-state index contributed by atoms with van der Waals surface area (Å²) in [6, 6.07) is -0.114.